The highest BCUT2D eigenvalue weighted by atomic mass is 32.2. The molecule has 0 aliphatic carbocycles. The Kier molecular flexibility index (Phi) is 6.53. The molecule has 2 aromatic carbocycles. The number of nitrogens with one attached hydrogen (secondary N) is 2. The van der Waals surface area contributed by atoms with Gasteiger partial charge in [0.25, 0.3) is 5.91 Å². The lowest BCUT2D eigenvalue weighted by Gasteiger charge is -2.05. The van der Waals surface area contributed by atoms with Crippen LogP contribution in [0.15, 0.2) is 46.8 Å². The molecule has 0 saturated carbocycles. The standard InChI is InChI=1S/C20H18N4O5S2/c1-2-27-14-6-3-12(4-7-14)18(26)22-19-23-24-20(31-19)30-10-17(25)21-13-5-8-15-16(9-13)29-11-28-15/h3-9H,2,10-11H2,1H3,(H,21,25)(H,22,23,26). The molecule has 2 amide bonds. The first-order valence-electron chi connectivity index (χ1n) is 9.30. The smallest absolute Gasteiger partial charge is 0.257 e. The van der Waals surface area contributed by atoms with Crippen LogP contribution in [0.4, 0.5) is 10.8 Å². The van der Waals surface area contributed by atoms with E-state index in [1.54, 1.807) is 42.5 Å². The molecule has 3 aromatic rings. The maximum Gasteiger partial charge on any atom is 0.257 e. The van der Waals surface area contributed by atoms with Gasteiger partial charge >= 0.3 is 0 Å². The molecule has 160 valence electrons. The molecule has 0 atom stereocenters. The molecule has 0 spiro atoms. The molecule has 0 unspecified atom stereocenters. The number of nitrogens with zero attached hydrogens (tertiary/aromatic N) is 2. The van der Waals surface area contributed by atoms with E-state index in [1.165, 1.54) is 23.1 Å². The average Bonchev–Trinajstić information content (AvgIpc) is 3.42. The topological polar surface area (TPSA) is 112 Å². The first-order chi connectivity index (χ1) is 15.1. The number of carbonyl (C=O) groups is 2. The van der Waals surface area contributed by atoms with Crippen LogP contribution in [0.3, 0.4) is 0 Å². The average molecular weight is 459 g/mol. The summed E-state index contributed by atoms with van der Waals surface area (Å²) in [6.45, 7) is 2.63. The van der Waals surface area contributed by atoms with Crippen LogP contribution in [0.2, 0.25) is 0 Å². The first kappa shape index (κ1) is 20.9. The Labute approximate surface area is 186 Å². The van der Waals surface area contributed by atoms with Crippen LogP contribution < -0.4 is 24.8 Å². The Bertz CT molecular complexity index is 1090. The summed E-state index contributed by atoms with van der Waals surface area (Å²) in [7, 11) is 0. The molecule has 31 heavy (non-hydrogen) atoms. The minimum Gasteiger partial charge on any atom is -0.494 e. The van der Waals surface area contributed by atoms with Crippen LogP contribution in [0.1, 0.15) is 17.3 Å². The van der Waals surface area contributed by atoms with Gasteiger partial charge in [-0.1, -0.05) is 23.1 Å². The fourth-order valence-corrected chi connectivity index (χ4v) is 4.20. The molecule has 0 fully saturated rings. The van der Waals surface area contributed by atoms with E-state index in [9.17, 15) is 9.59 Å². The largest absolute Gasteiger partial charge is 0.494 e. The van der Waals surface area contributed by atoms with Crippen LogP contribution in [-0.4, -0.2) is 41.2 Å². The van der Waals surface area contributed by atoms with Crippen molar-refractivity contribution in [2.75, 3.05) is 29.8 Å². The minimum absolute atomic E-state index is 0.149. The number of hydrogen-bond donors (Lipinski definition) is 2. The third kappa shape index (κ3) is 5.44. The highest BCUT2D eigenvalue weighted by molar-refractivity contribution is 8.01. The van der Waals surface area contributed by atoms with Crippen LogP contribution in [-0.2, 0) is 4.79 Å². The Morgan fingerprint density at radius 3 is 2.71 bits per heavy atom. The number of benzene rings is 2. The van der Waals surface area contributed by atoms with Crippen molar-refractivity contribution in [2.24, 2.45) is 0 Å². The maximum atomic E-state index is 12.3. The van der Waals surface area contributed by atoms with Gasteiger partial charge in [-0.15, -0.1) is 10.2 Å². The van der Waals surface area contributed by atoms with Crippen molar-refractivity contribution in [3.8, 4) is 17.2 Å². The predicted octanol–water partition coefficient (Wildman–Crippen LogP) is 3.65. The minimum atomic E-state index is -0.295. The molecular weight excluding hydrogens is 440 g/mol. The normalized spacial score (nSPS) is 11.8. The van der Waals surface area contributed by atoms with Crippen LogP contribution >= 0.6 is 23.1 Å². The summed E-state index contributed by atoms with van der Waals surface area (Å²) >= 11 is 2.43. The summed E-state index contributed by atoms with van der Waals surface area (Å²) < 4.78 is 16.5. The monoisotopic (exact) mass is 458 g/mol. The Balaban J connectivity index is 1.26. The molecule has 11 heteroatoms. The predicted molar refractivity (Wildman–Crippen MR) is 117 cm³/mol. The van der Waals surface area contributed by atoms with E-state index in [2.05, 4.69) is 20.8 Å². The summed E-state index contributed by atoms with van der Waals surface area (Å²) in [6.07, 6.45) is 0. The zero-order valence-corrected chi connectivity index (χ0v) is 18.0. The summed E-state index contributed by atoms with van der Waals surface area (Å²) in [5.41, 5.74) is 1.10. The maximum absolute atomic E-state index is 12.3. The molecule has 9 nitrogen and oxygen atoms in total. The van der Waals surface area contributed by atoms with Crippen LogP contribution in [0.25, 0.3) is 0 Å². The molecule has 1 aliphatic heterocycles. The van der Waals surface area contributed by atoms with Crippen LogP contribution in [0, 0.1) is 0 Å². The highest BCUT2D eigenvalue weighted by Crippen LogP contribution is 2.34. The van der Waals surface area contributed by atoms with Crippen molar-refractivity contribution in [1.82, 2.24) is 10.2 Å². The fraction of sp³-hybridized carbons (Fsp3) is 0.200. The highest BCUT2D eigenvalue weighted by Gasteiger charge is 2.15. The molecule has 4 rings (SSSR count). The van der Waals surface area contributed by atoms with Gasteiger partial charge in [0, 0.05) is 17.3 Å². The fourth-order valence-electron chi connectivity index (χ4n) is 2.66. The zero-order valence-electron chi connectivity index (χ0n) is 16.4. The van der Waals surface area contributed by atoms with Crippen molar-refractivity contribution < 1.29 is 23.8 Å². The number of ether oxygens (including phenoxy) is 3. The molecule has 2 N–H and O–H groups in total. The Hall–Kier alpha value is -3.31. The molecular formula is C20H18N4O5S2. The second-order valence-corrected chi connectivity index (χ2v) is 8.39. The Morgan fingerprint density at radius 1 is 1.10 bits per heavy atom. The van der Waals surface area contributed by atoms with Crippen molar-refractivity contribution >= 4 is 45.7 Å². The van der Waals surface area contributed by atoms with Crippen molar-refractivity contribution in [2.45, 2.75) is 11.3 Å². The second-order valence-electron chi connectivity index (χ2n) is 6.19. The summed E-state index contributed by atoms with van der Waals surface area (Å²) in [4.78, 5) is 24.5. The number of thioether (sulfide) groups is 1. The van der Waals surface area contributed by atoms with Gasteiger partial charge in [0.15, 0.2) is 15.8 Å². The number of amides is 2. The molecule has 0 bridgehead atoms. The van der Waals surface area contributed by atoms with Gasteiger partial charge in [-0.25, -0.2) is 0 Å². The molecule has 2 heterocycles. The number of hydrogen-bond acceptors (Lipinski definition) is 9. The number of fused-ring (bicyclic) bond motifs is 1. The zero-order chi connectivity index (χ0) is 21.6. The Morgan fingerprint density at radius 2 is 1.90 bits per heavy atom. The number of aromatic nitrogens is 2. The third-order valence-electron chi connectivity index (χ3n) is 4.04. The van der Waals surface area contributed by atoms with Gasteiger partial charge in [-0.05, 0) is 43.3 Å². The third-order valence-corrected chi connectivity index (χ3v) is 6.01. The van der Waals surface area contributed by atoms with Gasteiger partial charge in [0.05, 0.1) is 12.4 Å². The van der Waals surface area contributed by atoms with Gasteiger partial charge in [0.1, 0.15) is 5.75 Å². The van der Waals surface area contributed by atoms with Crippen molar-refractivity contribution in [3.05, 3.63) is 48.0 Å². The second kappa shape index (κ2) is 9.67. The lowest BCUT2D eigenvalue weighted by atomic mass is 10.2. The van der Waals surface area contributed by atoms with E-state index >= 15 is 0 Å². The number of anilines is 2. The van der Waals surface area contributed by atoms with Gasteiger partial charge < -0.3 is 19.5 Å². The molecule has 0 radical (unpaired) electrons. The van der Waals surface area contributed by atoms with Crippen molar-refractivity contribution in [3.63, 3.8) is 0 Å². The summed E-state index contributed by atoms with van der Waals surface area (Å²) in [5.74, 6) is 1.61. The first-order valence-corrected chi connectivity index (χ1v) is 11.1. The van der Waals surface area contributed by atoms with Gasteiger partial charge in [-0.3, -0.25) is 14.9 Å². The van der Waals surface area contributed by atoms with E-state index in [0.29, 0.717) is 44.6 Å². The van der Waals surface area contributed by atoms with Gasteiger partial charge in [0.2, 0.25) is 17.8 Å². The van der Waals surface area contributed by atoms with E-state index in [1.807, 2.05) is 6.92 Å². The summed E-state index contributed by atoms with van der Waals surface area (Å²) in [5, 5.41) is 13.8. The number of rotatable bonds is 8. The lowest BCUT2D eigenvalue weighted by Crippen LogP contribution is -2.13. The van der Waals surface area contributed by atoms with E-state index < -0.39 is 0 Å². The quantitative estimate of drug-likeness (QED) is 0.389. The lowest BCUT2D eigenvalue weighted by molar-refractivity contribution is -0.113. The van der Waals surface area contributed by atoms with E-state index in [0.717, 1.165) is 0 Å². The number of carbonyl (C=O) groups excluding carboxylic acids is 2. The molecule has 0 saturated heterocycles. The van der Waals surface area contributed by atoms with Crippen molar-refractivity contribution in [1.29, 1.82) is 0 Å². The molecule has 1 aromatic heterocycles. The van der Waals surface area contributed by atoms with Crippen LogP contribution in [0.5, 0.6) is 17.2 Å². The van der Waals surface area contributed by atoms with Gasteiger partial charge in [-0.2, -0.15) is 0 Å². The van der Waals surface area contributed by atoms with E-state index in [-0.39, 0.29) is 24.4 Å². The SMILES string of the molecule is CCOc1ccc(C(=O)Nc2nnc(SCC(=O)Nc3ccc4c(c3)OCO4)s2)cc1. The molecule has 1 aliphatic rings. The summed E-state index contributed by atoms with van der Waals surface area (Å²) in [6, 6.07) is 12.0. The van der Waals surface area contributed by atoms with E-state index in [4.69, 9.17) is 14.2 Å².